The van der Waals surface area contributed by atoms with Gasteiger partial charge in [-0.3, -0.25) is 0 Å². The van der Waals surface area contributed by atoms with E-state index in [4.69, 9.17) is 4.74 Å². The minimum Gasteiger partial charge on any atom is -0.489 e. The van der Waals surface area contributed by atoms with Gasteiger partial charge in [0.05, 0.1) is 0 Å². The number of benzene rings is 1. The molecule has 0 fully saturated rings. The van der Waals surface area contributed by atoms with Gasteiger partial charge in [0.25, 0.3) is 0 Å². The van der Waals surface area contributed by atoms with Gasteiger partial charge in [-0.15, -0.1) is 0 Å². The molecule has 0 spiro atoms. The van der Waals surface area contributed by atoms with Crippen LogP contribution in [0.1, 0.15) is 5.56 Å². The predicted molar refractivity (Wildman–Crippen MR) is 77.3 cm³/mol. The SMILES string of the molecule is CNc1ccc(COc2ccc(I)cc2)cn1. The quantitative estimate of drug-likeness (QED) is 0.868. The zero-order chi connectivity index (χ0) is 12.1. The molecule has 0 radical (unpaired) electrons. The molecule has 0 amide bonds. The number of nitrogens with zero attached hydrogens (tertiary/aromatic N) is 1. The Bertz CT molecular complexity index is 468. The minimum atomic E-state index is 0.539. The summed E-state index contributed by atoms with van der Waals surface area (Å²) >= 11 is 2.27. The van der Waals surface area contributed by atoms with Gasteiger partial charge in [-0.25, -0.2) is 4.98 Å². The number of aromatic nitrogens is 1. The van der Waals surface area contributed by atoms with E-state index in [1.165, 1.54) is 3.57 Å². The van der Waals surface area contributed by atoms with E-state index >= 15 is 0 Å². The lowest BCUT2D eigenvalue weighted by molar-refractivity contribution is 0.306. The molecule has 1 aromatic carbocycles. The maximum absolute atomic E-state index is 5.66. The molecule has 0 aliphatic carbocycles. The lowest BCUT2D eigenvalue weighted by atomic mass is 10.3. The van der Waals surface area contributed by atoms with E-state index in [1.54, 1.807) is 0 Å². The smallest absolute Gasteiger partial charge is 0.125 e. The molecule has 4 heteroatoms. The van der Waals surface area contributed by atoms with Crippen LogP contribution in [-0.2, 0) is 6.61 Å². The molecule has 1 N–H and O–H groups in total. The number of pyridine rings is 1. The maximum Gasteiger partial charge on any atom is 0.125 e. The average molecular weight is 340 g/mol. The second kappa shape index (κ2) is 5.86. The zero-order valence-electron chi connectivity index (χ0n) is 9.48. The Labute approximate surface area is 114 Å². The highest BCUT2D eigenvalue weighted by Crippen LogP contribution is 2.15. The Morgan fingerprint density at radius 3 is 2.53 bits per heavy atom. The van der Waals surface area contributed by atoms with E-state index in [0.29, 0.717) is 6.61 Å². The molecule has 0 aliphatic rings. The van der Waals surface area contributed by atoms with Gasteiger partial charge in [-0.2, -0.15) is 0 Å². The van der Waals surface area contributed by atoms with Gasteiger partial charge >= 0.3 is 0 Å². The Morgan fingerprint density at radius 1 is 1.18 bits per heavy atom. The van der Waals surface area contributed by atoms with Crippen molar-refractivity contribution in [2.75, 3.05) is 12.4 Å². The molecule has 0 bridgehead atoms. The van der Waals surface area contributed by atoms with Gasteiger partial charge in [-0.1, -0.05) is 6.07 Å². The highest BCUT2D eigenvalue weighted by atomic mass is 127. The summed E-state index contributed by atoms with van der Waals surface area (Å²) in [6.07, 6.45) is 1.82. The number of rotatable bonds is 4. The van der Waals surface area contributed by atoms with Crippen LogP contribution >= 0.6 is 22.6 Å². The van der Waals surface area contributed by atoms with Gasteiger partial charge < -0.3 is 10.1 Å². The molecular formula is C13H13IN2O. The topological polar surface area (TPSA) is 34.1 Å². The summed E-state index contributed by atoms with van der Waals surface area (Å²) < 4.78 is 6.86. The van der Waals surface area contributed by atoms with Crippen molar-refractivity contribution in [2.45, 2.75) is 6.61 Å². The van der Waals surface area contributed by atoms with Crippen molar-refractivity contribution in [1.29, 1.82) is 0 Å². The monoisotopic (exact) mass is 340 g/mol. The van der Waals surface area contributed by atoms with Crippen LogP contribution < -0.4 is 10.1 Å². The second-order valence-electron chi connectivity index (χ2n) is 3.54. The van der Waals surface area contributed by atoms with Crippen LogP contribution in [-0.4, -0.2) is 12.0 Å². The van der Waals surface area contributed by atoms with Crippen LogP contribution in [0.5, 0.6) is 5.75 Å². The van der Waals surface area contributed by atoms with E-state index in [0.717, 1.165) is 17.1 Å². The lowest BCUT2D eigenvalue weighted by Crippen LogP contribution is -1.97. The molecule has 2 rings (SSSR count). The van der Waals surface area contributed by atoms with Crippen molar-refractivity contribution in [2.24, 2.45) is 0 Å². The summed E-state index contributed by atoms with van der Waals surface area (Å²) in [5.41, 5.74) is 1.06. The number of hydrogen-bond donors (Lipinski definition) is 1. The third kappa shape index (κ3) is 3.59. The molecule has 1 aromatic heterocycles. The number of ether oxygens (including phenoxy) is 1. The maximum atomic E-state index is 5.66. The van der Waals surface area contributed by atoms with Crippen LogP contribution in [0.4, 0.5) is 5.82 Å². The number of halogens is 1. The summed E-state index contributed by atoms with van der Waals surface area (Å²) in [7, 11) is 1.85. The molecule has 17 heavy (non-hydrogen) atoms. The third-order valence-electron chi connectivity index (χ3n) is 2.30. The van der Waals surface area contributed by atoms with Gasteiger partial charge in [0.2, 0.25) is 0 Å². The average Bonchev–Trinajstić information content (AvgIpc) is 2.39. The highest BCUT2D eigenvalue weighted by Gasteiger charge is 1.97. The number of anilines is 1. The highest BCUT2D eigenvalue weighted by molar-refractivity contribution is 14.1. The van der Waals surface area contributed by atoms with Crippen LogP contribution in [0, 0.1) is 3.57 Å². The Kier molecular flexibility index (Phi) is 4.19. The van der Waals surface area contributed by atoms with Crippen LogP contribution in [0.2, 0.25) is 0 Å². The van der Waals surface area contributed by atoms with E-state index < -0.39 is 0 Å². The van der Waals surface area contributed by atoms with Crippen LogP contribution in [0.3, 0.4) is 0 Å². The molecule has 0 saturated heterocycles. The first-order valence-electron chi connectivity index (χ1n) is 5.29. The standard InChI is InChI=1S/C13H13IN2O/c1-15-13-7-2-10(8-16-13)9-17-12-5-3-11(14)4-6-12/h2-8H,9H2,1H3,(H,15,16). The molecule has 0 aliphatic heterocycles. The fourth-order valence-corrected chi connectivity index (χ4v) is 1.71. The van der Waals surface area contributed by atoms with Gasteiger partial charge in [-0.05, 0) is 52.9 Å². The van der Waals surface area contributed by atoms with Crippen LogP contribution in [0.15, 0.2) is 42.6 Å². The van der Waals surface area contributed by atoms with Crippen molar-refractivity contribution in [1.82, 2.24) is 4.98 Å². The van der Waals surface area contributed by atoms with Gasteiger partial charge in [0, 0.05) is 22.4 Å². The minimum absolute atomic E-state index is 0.539. The molecule has 2 aromatic rings. The van der Waals surface area contributed by atoms with E-state index in [1.807, 2.05) is 49.6 Å². The molecule has 88 valence electrons. The first-order chi connectivity index (χ1) is 8.28. The largest absolute Gasteiger partial charge is 0.489 e. The summed E-state index contributed by atoms with van der Waals surface area (Å²) in [5.74, 6) is 1.74. The summed E-state index contributed by atoms with van der Waals surface area (Å²) in [5, 5.41) is 2.98. The Hall–Kier alpha value is -1.30. The zero-order valence-corrected chi connectivity index (χ0v) is 11.6. The van der Waals surface area contributed by atoms with Crippen molar-refractivity contribution >= 4 is 28.4 Å². The second-order valence-corrected chi connectivity index (χ2v) is 4.79. The van der Waals surface area contributed by atoms with Gasteiger partial charge in [0.15, 0.2) is 0 Å². The molecule has 3 nitrogen and oxygen atoms in total. The van der Waals surface area contributed by atoms with Gasteiger partial charge in [0.1, 0.15) is 18.2 Å². The van der Waals surface area contributed by atoms with Crippen molar-refractivity contribution < 1.29 is 4.74 Å². The Morgan fingerprint density at radius 2 is 1.94 bits per heavy atom. The van der Waals surface area contributed by atoms with E-state index in [-0.39, 0.29) is 0 Å². The fraction of sp³-hybridized carbons (Fsp3) is 0.154. The lowest BCUT2D eigenvalue weighted by Gasteiger charge is -2.06. The molecular weight excluding hydrogens is 327 g/mol. The normalized spacial score (nSPS) is 10.0. The number of nitrogens with one attached hydrogen (secondary N) is 1. The predicted octanol–water partition coefficient (Wildman–Crippen LogP) is 3.31. The van der Waals surface area contributed by atoms with Crippen molar-refractivity contribution in [3.05, 3.63) is 51.7 Å². The van der Waals surface area contributed by atoms with E-state index in [2.05, 4.69) is 32.9 Å². The summed E-state index contributed by atoms with van der Waals surface area (Å²) in [4.78, 5) is 4.23. The van der Waals surface area contributed by atoms with Crippen molar-refractivity contribution in [3.8, 4) is 5.75 Å². The number of hydrogen-bond acceptors (Lipinski definition) is 3. The fourth-order valence-electron chi connectivity index (χ4n) is 1.36. The molecule has 0 unspecified atom stereocenters. The first kappa shape index (κ1) is 12.2. The van der Waals surface area contributed by atoms with Crippen molar-refractivity contribution in [3.63, 3.8) is 0 Å². The molecule has 0 saturated carbocycles. The first-order valence-corrected chi connectivity index (χ1v) is 6.37. The summed E-state index contributed by atoms with van der Waals surface area (Å²) in [6, 6.07) is 11.9. The third-order valence-corrected chi connectivity index (χ3v) is 3.02. The summed E-state index contributed by atoms with van der Waals surface area (Å²) in [6.45, 7) is 0.539. The molecule has 1 heterocycles. The Balaban J connectivity index is 1.95. The van der Waals surface area contributed by atoms with E-state index in [9.17, 15) is 0 Å². The molecule has 0 atom stereocenters. The van der Waals surface area contributed by atoms with Crippen LogP contribution in [0.25, 0.3) is 0 Å².